The van der Waals surface area contributed by atoms with Crippen molar-refractivity contribution in [2.24, 2.45) is 11.8 Å². The Hall–Kier alpha value is -0.960. The fraction of sp³-hybridized carbons (Fsp3) is 0.571. The van der Waals surface area contributed by atoms with Gasteiger partial charge in [-0.25, -0.2) is 8.78 Å². The largest absolute Gasteiger partial charge is 0.385 e. The summed E-state index contributed by atoms with van der Waals surface area (Å²) < 4.78 is 27.5. The Morgan fingerprint density at radius 1 is 1.24 bits per heavy atom. The van der Waals surface area contributed by atoms with Gasteiger partial charge in [-0.1, -0.05) is 19.9 Å². The van der Waals surface area contributed by atoms with Crippen molar-refractivity contribution in [1.82, 2.24) is 0 Å². The van der Waals surface area contributed by atoms with E-state index >= 15 is 0 Å². The van der Waals surface area contributed by atoms with Crippen LogP contribution in [0.2, 0.25) is 0 Å². The van der Waals surface area contributed by atoms with E-state index in [0.29, 0.717) is 12.3 Å². The fourth-order valence-corrected chi connectivity index (χ4v) is 2.91. The molecule has 0 aliphatic heterocycles. The van der Waals surface area contributed by atoms with Crippen LogP contribution in [-0.4, -0.2) is 5.11 Å². The number of aliphatic hydroxyl groups is 1. The number of benzene rings is 1. The number of hydrogen-bond acceptors (Lipinski definition) is 1. The van der Waals surface area contributed by atoms with Crippen molar-refractivity contribution < 1.29 is 13.9 Å². The molecule has 0 radical (unpaired) electrons. The second-order valence-electron chi connectivity index (χ2n) is 5.30. The molecule has 0 spiro atoms. The van der Waals surface area contributed by atoms with E-state index in [1.54, 1.807) is 0 Å². The highest BCUT2D eigenvalue weighted by Gasteiger charge is 2.43. The normalized spacial score (nSPS) is 33.7. The van der Waals surface area contributed by atoms with Gasteiger partial charge in [0, 0.05) is 0 Å². The van der Waals surface area contributed by atoms with E-state index in [0.717, 1.165) is 12.8 Å². The molecule has 1 N–H and O–H groups in total. The molecule has 0 amide bonds. The van der Waals surface area contributed by atoms with E-state index in [1.165, 1.54) is 18.2 Å². The van der Waals surface area contributed by atoms with Gasteiger partial charge in [-0.05, 0) is 43.2 Å². The van der Waals surface area contributed by atoms with Crippen molar-refractivity contribution in [2.45, 2.75) is 38.7 Å². The van der Waals surface area contributed by atoms with E-state index in [9.17, 15) is 13.9 Å². The van der Waals surface area contributed by atoms with Gasteiger partial charge in [-0.3, -0.25) is 0 Å². The van der Waals surface area contributed by atoms with Gasteiger partial charge in [0.1, 0.15) is 11.6 Å². The van der Waals surface area contributed by atoms with Gasteiger partial charge in [-0.15, -0.1) is 0 Å². The maximum atomic E-state index is 13.8. The third kappa shape index (κ3) is 2.08. The molecule has 1 nitrogen and oxygen atoms in total. The number of halogens is 2. The van der Waals surface area contributed by atoms with Crippen molar-refractivity contribution in [3.8, 4) is 0 Å². The van der Waals surface area contributed by atoms with Crippen LogP contribution in [0.4, 0.5) is 8.78 Å². The molecule has 0 bridgehead atoms. The lowest BCUT2D eigenvalue weighted by Gasteiger charge is -2.41. The molecule has 0 saturated heterocycles. The Labute approximate surface area is 100 Å². The van der Waals surface area contributed by atoms with Gasteiger partial charge in [0.2, 0.25) is 0 Å². The van der Waals surface area contributed by atoms with Crippen LogP contribution in [0.1, 0.15) is 38.7 Å². The lowest BCUT2D eigenvalue weighted by molar-refractivity contribution is -0.0639. The average molecular weight is 240 g/mol. The lowest BCUT2D eigenvalue weighted by Crippen LogP contribution is -2.40. The van der Waals surface area contributed by atoms with Crippen LogP contribution in [-0.2, 0) is 5.60 Å². The van der Waals surface area contributed by atoms with E-state index in [4.69, 9.17) is 0 Å². The number of hydrogen-bond donors (Lipinski definition) is 1. The molecule has 1 saturated carbocycles. The topological polar surface area (TPSA) is 20.2 Å². The minimum atomic E-state index is -1.36. The van der Waals surface area contributed by atoms with Crippen molar-refractivity contribution in [3.63, 3.8) is 0 Å². The van der Waals surface area contributed by atoms with Crippen LogP contribution in [0, 0.1) is 23.5 Å². The molecule has 94 valence electrons. The van der Waals surface area contributed by atoms with Gasteiger partial charge in [0.15, 0.2) is 0 Å². The van der Waals surface area contributed by atoms with Crippen molar-refractivity contribution in [2.75, 3.05) is 0 Å². The molecular formula is C14H18F2O. The second-order valence-corrected chi connectivity index (χ2v) is 5.30. The zero-order valence-electron chi connectivity index (χ0n) is 10.2. The van der Waals surface area contributed by atoms with E-state index < -0.39 is 17.2 Å². The summed E-state index contributed by atoms with van der Waals surface area (Å²) in [5.74, 6) is -0.916. The SMILES string of the molecule is CC1CCC(O)(c2c(F)cccc2F)C(C)C1. The van der Waals surface area contributed by atoms with E-state index in [1.807, 2.05) is 6.92 Å². The smallest absolute Gasteiger partial charge is 0.132 e. The Morgan fingerprint density at radius 3 is 2.35 bits per heavy atom. The lowest BCUT2D eigenvalue weighted by atomic mass is 9.69. The molecule has 1 aliphatic carbocycles. The van der Waals surface area contributed by atoms with Crippen molar-refractivity contribution >= 4 is 0 Å². The highest BCUT2D eigenvalue weighted by atomic mass is 19.1. The zero-order valence-corrected chi connectivity index (χ0v) is 10.2. The molecule has 1 aromatic carbocycles. The Bertz CT molecular complexity index is 398. The maximum Gasteiger partial charge on any atom is 0.132 e. The van der Waals surface area contributed by atoms with Crippen LogP contribution in [0.5, 0.6) is 0 Å². The van der Waals surface area contributed by atoms with Crippen molar-refractivity contribution in [1.29, 1.82) is 0 Å². The van der Waals surface area contributed by atoms with E-state index in [2.05, 4.69) is 6.92 Å². The molecule has 0 aromatic heterocycles. The van der Waals surface area contributed by atoms with Crippen LogP contribution >= 0.6 is 0 Å². The Morgan fingerprint density at radius 2 is 1.82 bits per heavy atom. The first-order valence-corrected chi connectivity index (χ1v) is 6.12. The summed E-state index contributed by atoms with van der Waals surface area (Å²) in [6.07, 6.45) is 2.02. The molecule has 3 atom stereocenters. The summed E-state index contributed by atoms with van der Waals surface area (Å²) in [6.45, 7) is 3.97. The quantitative estimate of drug-likeness (QED) is 0.795. The molecule has 17 heavy (non-hydrogen) atoms. The predicted molar refractivity (Wildman–Crippen MR) is 62.4 cm³/mol. The third-order valence-corrected chi connectivity index (χ3v) is 3.99. The molecular weight excluding hydrogens is 222 g/mol. The highest BCUT2D eigenvalue weighted by Crippen LogP contribution is 2.45. The minimum Gasteiger partial charge on any atom is -0.385 e. The Balaban J connectivity index is 2.44. The van der Waals surface area contributed by atoms with Crippen LogP contribution in [0.15, 0.2) is 18.2 Å². The van der Waals surface area contributed by atoms with Gasteiger partial charge < -0.3 is 5.11 Å². The monoisotopic (exact) mass is 240 g/mol. The summed E-state index contributed by atoms with van der Waals surface area (Å²) in [6, 6.07) is 3.75. The number of rotatable bonds is 1. The second kappa shape index (κ2) is 4.37. The minimum absolute atomic E-state index is 0.127. The van der Waals surface area contributed by atoms with E-state index in [-0.39, 0.29) is 11.5 Å². The summed E-state index contributed by atoms with van der Waals surface area (Å²) >= 11 is 0. The van der Waals surface area contributed by atoms with Gasteiger partial charge in [0.25, 0.3) is 0 Å². The van der Waals surface area contributed by atoms with Crippen LogP contribution < -0.4 is 0 Å². The summed E-state index contributed by atoms with van der Waals surface area (Å²) in [5, 5.41) is 10.6. The van der Waals surface area contributed by atoms with Gasteiger partial charge in [0.05, 0.1) is 11.2 Å². The molecule has 1 aliphatic rings. The fourth-order valence-electron chi connectivity index (χ4n) is 2.91. The molecule has 3 heteroatoms. The standard InChI is InChI=1S/C14H18F2O/c1-9-6-7-14(17,10(2)8-9)13-11(15)4-3-5-12(13)16/h3-5,9-10,17H,6-8H2,1-2H3. The Kier molecular flexibility index (Phi) is 3.21. The summed E-state index contributed by atoms with van der Waals surface area (Å²) in [4.78, 5) is 0. The molecule has 1 fully saturated rings. The predicted octanol–water partition coefficient (Wildman–Crippen LogP) is 3.61. The first kappa shape index (κ1) is 12.5. The van der Waals surface area contributed by atoms with Crippen molar-refractivity contribution in [3.05, 3.63) is 35.4 Å². The van der Waals surface area contributed by atoms with Crippen LogP contribution in [0.25, 0.3) is 0 Å². The maximum absolute atomic E-state index is 13.8. The van der Waals surface area contributed by atoms with Gasteiger partial charge >= 0.3 is 0 Å². The third-order valence-electron chi connectivity index (χ3n) is 3.99. The average Bonchev–Trinajstić information content (AvgIpc) is 2.24. The summed E-state index contributed by atoms with van der Waals surface area (Å²) in [5.41, 5.74) is -1.51. The first-order valence-electron chi connectivity index (χ1n) is 6.12. The van der Waals surface area contributed by atoms with Gasteiger partial charge in [-0.2, -0.15) is 0 Å². The first-order chi connectivity index (χ1) is 7.95. The summed E-state index contributed by atoms with van der Waals surface area (Å²) in [7, 11) is 0. The highest BCUT2D eigenvalue weighted by molar-refractivity contribution is 5.27. The molecule has 3 unspecified atom stereocenters. The molecule has 1 aromatic rings. The zero-order chi connectivity index (χ0) is 12.6. The van der Waals surface area contributed by atoms with Crippen LogP contribution in [0.3, 0.4) is 0 Å². The molecule has 2 rings (SSSR count). The molecule has 0 heterocycles.